The van der Waals surface area contributed by atoms with Gasteiger partial charge in [0, 0.05) is 37.8 Å². The average Bonchev–Trinajstić information content (AvgIpc) is 2.87. The maximum absolute atomic E-state index is 14.6. The lowest BCUT2D eigenvalue weighted by molar-refractivity contribution is -0.151. The zero-order valence-electron chi connectivity index (χ0n) is 13.9. The van der Waals surface area contributed by atoms with E-state index >= 15 is 0 Å². The van der Waals surface area contributed by atoms with Gasteiger partial charge in [0.2, 0.25) is 0 Å². The lowest BCUT2D eigenvalue weighted by Crippen LogP contribution is -2.53. The van der Waals surface area contributed by atoms with Gasteiger partial charge in [-0.2, -0.15) is 0 Å². The quantitative estimate of drug-likeness (QED) is 0.831. The second-order valence-corrected chi connectivity index (χ2v) is 7.46. The summed E-state index contributed by atoms with van der Waals surface area (Å²) in [6.07, 6.45) is 4.29. The first-order chi connectivity index (χ1) is 11.6. The number of hydrogen-bond donors (Lipinski definition) is 0. The monoisotopic (exact) mass is 333 g/mol. The molecule has 1 aliphatic carbocycles. The van der Waals surface area contributed by atoms with Gasteiger partial charge in [0.25, 0.3) is 5.91 Å². The maximum atomic E-state index is 14.6. The number of halogens is 1. The highest BCUT2D eigenvalue weighted by Crippen LogP contribution is 2.40. The standard InChI is InChI=1S/C18H24FN3O2/c19-18(5-3-6-18)16(23)22-10-11-24-14-17(13-22)7-9-21(12-17)15-4-1-2-8-20-15/h1-2,4,8H,3,5-7,9-14H2/t17-/m0/s1. The van der Waals surface area contributed by atoms with Gasteiger partial charge in [-0.1, -0.05) is 6.07 Å². The number of carbonyl (C=O) groups excluding carboxylic acids is 1. The van der Waals surface area contributed by atoms with E-state index in [0.29, 0.717) is 39.1 Å². The molecule has 1 atom stereocenters. The van der Waals surface area contributed by atoms with Crippen LogP contribution in [0, 0.1) is 5.41 Å². The SMILES string of the molecule is O=C(N1CCOC[C@]2(CCN(c3ccccn3)C2)C1)C1(F)CCC1. The van der Waals surface area contributed by atoms with Crippen LogP contribution < -0.4 is 4.90 Å². The first-order valence-corrected chi connectivity index (χ1v) is 8.82. The van der Waals surface area contributed by atoms with Crippen molar-refractivity contribution in [3.63, 3.8) is 0 Å². The Morgan fingerprint density at radius 1 is 1.21 bits per heavy atom. The number of nitrogens with zero attached hydrogens (tertiary/aromatic N) is 3. The van der Waals surface area contributed by atoms with Gasteiger partial charge in [-0.05, 0) is 37.8 Å². The molecule has 0 aromatic carbocycles. The normalized spacial score (nSPS) is 29.4. The number of rotatable bonds is 2. The molecule has 24 heavy (non-hydrogen) atoms. The smallest absolute Gasteiger partial charge is 0.260 e. The fraction of sp³-hybridized carbons (Fsp3) is 0.667. The number of aromatic nitrogens is 1. The topological polar surface area (TPSA) is 45.7 Å². The van der Waals surface area contributed by atoms with E-state index in [-0.39, 0.29) is 11.3 Å². The van der Waals surface area contributed by atoms with Crippen LogP contribution in [0.5, 0.6) is 0 Å². The fourth-order valence-electron chi connectivity index (χ4n) is 4.07. The van der Waals surface area contributed by atoms with Crippen LogP contribution in [0.15, 0.2) is 24.4 Å². The van der Waals surface area contributed by atoms with Gasteiger partial charge in [0.05, 0.1) is 13.2 Å². The molecule has 2 saturated heterocycles. The first kappa shape index (κ1) is 15.8. The van der Waals surface area contributed by atoms with Crippen LogP contribution in [0.25, 0.3) is 0 Å². The third-order valence-electron chi connectivity index (χ3n) is 5.67. The van der Waals surface area contributed by atoms with E-state index in [1.807, 2.05) is 18.2 Å². The van der Waals surface area contributed by atoms with Crippen LogP contribution >= 0.6 is 0 Å². The highest BCUT2D eigenvalue weighted by Gasteiger charge is 2.50. The molecule has 1 spiro atoms. The number of amides is 1. The molecule has 1 aromatic rings. The minimum Gasteiger partial charge on any atom is -0.379 e. The second kappa shape index (κ2) is 5.99. The Morgan fingerprint density at radius 2 is 2.08 bits per heavy atom. The fourth-order valence-corrected chi connectivity index (χ4v) is 4.07. The van der Waals surface area contributed by atoms with Gasteiger partial charge < -0.3 is 14.5 Å². The molecule has 6 heteroatoms. The van der Waals surface area contributed by atoms with Crippen molar-refractivity contribution in [3.8, 4) is 0 Å². The van der Waals surface area contributed by atoms with Crippen molar-refractivity contribution < 1.29 is 13.9 Å². The second-order valence-electron chi connectivity index (χ2n) is 7.46. The molecule has 3 heterocycles. The summed E-state index contributed by atoms with van der Waals surface area (Å²) in [4.78, 5) is 21.0. The molecule has 2 aliphatic heterocycles. The average molecular weight is 333 g/mol. The van der Waals surface area contributed by atoms with E-state index in [4.69, 9.17) is 4.74 Å². The highest BCUT2D eigenvalue weighted by molar-refractivity contribution is 5.86. The molecule has 1 amide bonds. The molecule has 0 radical (unpaired) electrons. The molecule has 0 bridgehead atoms. The lowest BCUT2D eigenvalue weighted by atomic mass is 9.80. The van der Waals surface area contributed by atoms with E-state index in [1.54, 1.807) is 11.1 Å². The molecule has 0 N–H and O–H groups in total. The van der Waals surface area contributed by atoms with Gasteiger partial charge in [-0.3, -0.25) is 4.79 Å². The van der Waals surface area contributed by atoms with Gasteiger partial charge in [0.1, 0.15) is 5.82 Å². The Hall–Kier alpha value is -1.69. The molecule has 1 saturated carbocycles. The predicted molar refractivity (Wildman–Crippen MR) is 88.6 cm³/mol. The number of alkyl halides is 1. The van der Waals surface area contributed by atoms with Crippen LogP contribution in [0.1, 0.15) is 25.7 Å². The predicted octanol–water partition coefficient (Wildman–Crippen LogP) is 2.03. The van der Waals surface area contributed by atoms with Crippen LogP contribution in [-0.2, 0) is 9.53 Å². The summed E-state index contributed by atoms with van der Waals surface area (Å²) in [5.41, 5.74) is -1.74. The molecule has 0 unspecified atom stereocenters. The van der Waals surface area contributed by atoms with E-state index in [0.717, 1.165) is 31.7 Å². The third kappa shape index (κ3) is 2.77. The van der Waals surface area contributed by atoms with E-state index in [9.17, 15) is 9.18 Å². The van der Waals surface area contributed by atoms with Gasteiger partial charge in [-0.25, -0.2) is 9.37 Å². The lowest BCUT2D eigenvalue weighted by Gasteiger charge is -2.39. The van der Waals surface area contributed by atoms with Gasteiger partial charge in [0.15, 0.2) is 5.67 Å². The highest BCUT2D eigenvalue weighted by atomic mass is 19.1. The molecular formula is C18H24FN3O2. The Kier molecular flexibility index (Phi) is 3.95. The summed E-state index contributed by atoms with van der Waals surface area (Å²) < 4.78 is 20.4. The molecule has 3 aliphatic rings. The number of pyridine rings is 1. The number of ether oxygens (including phenoxy) is 1. The summed E-state index contributed by atoms with van der Waals surface area (Å²) >= 11 is 0. The largest absolute Gasteiger partial charge is 0.379 e. The van der Waals surface area contributed by atoms with Crippen molar-refractivity contribution in [2.24, 2.45) is 5.41 Å². The van der Waals surface area contributed by atoms with E-state index in [1.165, 1.54) is 0 Å². The van der Waals surface area contributed by atoms with Crippen LogP contribution in [-0.4, -0.2) is 60.9 Å². The summed E-state index contributed by atoms with van der Waals surface area (Å²) in [7, 11) is 0. The van der Waals surface area contributed by atoms with E-state index < -0.39 is 5.67 Å². The summed E-state index contributed by atoms with van der Waals surface area (Å²) in [6, 6.07) is 5.89. The van der Waals surface area contributed by atoms with Crippen molar-refractivity contribution in [2.45, 2.75) is 31.4 Å². The minimum absolute atomic E-state index is 0.121. The number of anilines is 1. The summed E-state index contributed by atoms with van der Waals surface area (Å²) in [5, 5.41) is 0. The number of carbonyl (C=O) groups is 1. The Labute approximate surface area is 141 Å². The third-order valence-corrected chi connectivity index (χ3v) is 5.67. The molecule has 5 nitrogen and oxygen atoms in total. The Morgan fingerprint density at radius 3 is 2.79 bits per heavy atom. The molecule has 3 fully saturated rings. The van der Waals surface area contributed by atoms with Gasteiger partial charge >= 0.3 is 0 Å². The molecular weight excluding hydrogens is 309 g/mol. The molecule has 4 rings (SSSR count). The first-order valence-electron chi connectivity index (χ1n) is 8.82. The summed E-state index contributed by atoms with van der Waals surface area (Å²) in [6.45, 7) is 3.89. The maximum Gasteiger partial charge on any atom is 0.260 e. The minimum atomic E-state index is -1.62. The van der Waals surface area contributed by atoms with Gasteiger partial charge in [-0.15, -0.1) is 0 Å². The molecule has 1 aromatic heterocycles. The Balaban J connectivity index is 1.49. The Bertz CT molecular complexity index is 608. The van der Waals surface area contributed by atoms with Crippen molar-refractivity contribution in [2.75, 3.05) is 44.3 Å². The zero-order valence-corrected chi connectivity index (χ0v) is 13.9. The van der Waals surface area contributed by atoms with Crippen molar-refractivity contribution in [1.29, 1.82) is 0 Å². The van der Waals surface area contributed by atoms with Crippen LogP contribution in [0.2, 0.25) is 0 Å². The van der Waals surface area contributed by atoms with E-state index in [2.05, 4.69) is 9.88 Å². The molecule has 130 valence electrons. The summed E-state index contributed by atoms with van der Waals surface area (Å²) in [5.74, 6) is 0.632. The van der Waals surface area contributed by atoms with Crippen molar-refractivity contribution >= 4 is 11.7 Å². The van der Waals surface area contributed by atoms with Crippen LogP contribution in [0.3, 0.4) is 0 Å². The van der Waals surface area contributed by atoms with Crippen LogP contribution in [0.4, 0.5) is 10.2 Å². The number of hydrogen-bond acceptors (Lipinski definition) is 4. The zero-order chi connectivity index (χ0) is 16.6. The van der Waals surface area contributed by atoms with Crippen molar-refractivity contribution in [1.82, 2.24) is 9.88 Å². The van der Waals surface area contributed by atoms with Crippen molar-refractivity contribution in [3.05, 3.63) is 24.4 Å².